The van der Waals surface area contributed by atoms with Gasteiger partial charge in [0.1, 0.15) is 0 Å². The maximum Gasteiger partial charge on any atom is 0.214 e. The van der Waals surface area contributed by atoms with Crippen LogP contribution in [0.5, 0.6) is 0 Å². The van der Waals surface area contributed by atoms with E-state index < -0.39 is 10.0 Å². The summed E-state index contributed by atoms with van der Waals surface area (Å²) in [6.07, 6.45) is 5.09. The molecule has 0 aromatic rings. The highest BCUT2D eigenvalue weighted by Crippen LogP contribution is 2.27. The lowest BCUT2D eigenvalue weighted by Gasteiger charge is -2.31. The zero-order chi connectivity index (χ0) is 13.7. The summed E-state index contributed by atoms with van der Waals surface area (Å²) < 4.78 is 31.8. The van der Waals surface area contributed by atoms with Gasteiger partial charge < -0.3 is 10.1 Å². The topological polar surface area (TPSA) is 58.6 Å². The Kier molecular flexibility index (Phi) is 5.62. The van der Waals surface area contributed by atoms with Crippen molar-refractivity contribution in [2.24, 2.45) is 0 Å². The normalized spacial score (nSPS) is 27.8. The van der Waals surface area contributed by atoms with E-state index in [0.29, 0.717) is 13.1 Å². The van der Waals surface area contributed by atoms with Gasteiger partial charge in [-0.1, -0.05) is 6.92 Å². The standard InChI is InChI=1S/C13H26N2O3S/c1-2-7-14-8-3-4-9-19(16,17)15-10-12-5-6-13(11-15)18-12/h12-14H,2-11H2,1H3. The van der Waals surface area contributed by atoms with E-state index >= 15 is 0 Å². The molecule has 112 valence electrons. The van der Waals surface area contributed by atoms with E-state index in [-0.39, 0.29) is 18.0 Å². The van der Waals surface area contributed by atoms with Gasteiger partial charge in [0.25, 0.3) is 0 Å². The Morgan fingerprint density at radius 2 is 1.84 bits per heavy atom. The number of morpholine rings is 1. The Labute approximate surface area is 116 Å². The van der Waals surface area contributed by atoms with E-state index in [1.54, 1.807) is 4.31 Å². The van der Waals surface area contributed by atoms with Gasteiger partial charge >= 0.3 is 0 Å². The molecule has 6 heteroatoms. The number of nitrogens with zero attached hydrogens (tertiary/aromatic N) is 1. The summed E-state index contributed by atoms with van der Waals surface area (Å²) in [6.45, 7) is 5.18. The van der Waals surface area contributed by atoms with Crippen molar-refractivity contribution in [3.8, 4) is 0 Å². The zero-order valence-electron chi connectivity index (χ0n) is 11.8. The number of sulfonamides is 1. The summed E-state index contributed by atoms with van der Waals surface area (Å²) >= 11 is 0. The largest absolute Gasteiger partial charge is 0.372 e. The molecule has 0 aliphatic carbocycles. The van der Waals surface area contributed by atoms with E-state index in [9.17, 15) is 8.42 Å². The molecule has 2 heterocycles. The van der Waals surface area contributed by atoms with Gasteiger partial charge in [-0.2, -0.15) is 4.31 Å². The van der Waals surface area contributed by atoms with Gasteiger partial charge in [-0.05, 0) is 45.2 Å². The molecule has 0 spiro atoms. The second-order valence-electron chi connectivity index (χ2n) is 5.55. The summed E-state index contributed by atoms with van der Waals surface area (Å²) in [5.41, 5.74) is 0. The first-order valence-electron chi connectivity index (χ1n) is 7.46. The van der Waals surface area contributed by atoms with E-state index in [0.717, 1.165) is 45.2 Å². The molecule has 2 unspecified atom stereocenters. The monoisotopic (exact) mass is 290 g/mol. The van der Waals surface area contributed by atoms with Crippen LogP contribution in [0.15, 0.2) is 0 Å². The maximum absolute atomic E-state index is 12.2. The number of unbranched alkanes of at least 4 members (excludes halogenated alkanes) is 1. The van der Waals surface area contributed by atoms with Crippen LogP contribution in [-0.2, 0) is 14.8 Å². The number of fused-ring (bicyclic) bond motifs is 2. The molecular weight excluding hydrogens is 264 g/mol. The Morgan fingerprint density at radius 3 is 2.47 bits per heavy atom. The van der Waals surface area contributed by atoms with Gasteiger partial charge in [-0.15, -0.1) is 0 Å². The molecule has 2 fully saturated rings. The third kappa shape index (κ3) is 4.41. The first-order chi connectivity index (χ1) is 9.12. The van der Waals surface area contributed by atoms with E-state index in [2.05, 4.69) is 12.2 Å². The third-order valence-corrected chi connectivity index (χ3v) is 5.73. The lowest BCUT2D eigenvalue weighted by atomic mass is 10.2. The Morgan fingerprint density at radius 1 is 1.16 bits per heavy atom. The van der Waals surface area contributed by atoms with Crippen molar-refractivity contribution in [2.45, 2.75) is 51.2 Å². The Balaban J connectivity index is 1.70. The van der Waals surface area contributed by atoms with Crippen LogP contribution in [0.1, 0.15) is 39.0 Å². The summed E-state index contributed by atoms with van der Waals surface area (Å²) in [5, 5.41) is 3.30. The van der Waals surface area contributed by atoms with Gasteiger partial charge in [0.15, 0.2) is 0 Å². The lowest BCUT2D eigenvalue weighted by Crippen LogP contribution is -2.46. The van der Waals surface area contributed by atoms with Crippen LogP contribution in [0, 0.1) is 0 Å². The summed E-state index contributed by atoms with van der Waals surface area (Å²) in [4.78, 5) is 0. The van der Waals surface area contributed by atoms with Crippen molar-refractivity contribution in [2.75, 3.05) is 31.9 Å². The summed E-state index contributed by atoms with van der Waals surface area (Å²) in [7, 11) is -3.08. The lowest BCUT2D eigenvalue weighted by molar-refractivity contribution is -0.0114. The molecule has 5 nitrogen and oxygen atoms in total. The first kappa shape index (κ1) is 15.2. The van der Waals surface area contributed by atoms with E-state index in [1.165, 1.54) is 0 Å². The average Bonchev–Trinajstić information content (AvgIpc) is 2.72. The number of hydrogen-bond acceptors (Lipinski definition) is 4. The summed E-state index contributed by atoms with van der Waals surface area (Å²) in [6, 6.07) is 0. The molecule has 2 aliphatic rings. The molecule has 19 heavy (non-hydrogen) atoms. The fourth-order valence-electron chi connectivity index (χ4n) is 2.77. The molecule has 2 bridgehead atoms. The van der Waals surface area contributed by atoms with Crippen molar-refractivity contribution < 1.29 is 13.2 Å². The smallest absolute Gasteiger partial charge is 0.214 e. The predicted molar refractivity (Wildman–Crippen MR) is 75.6 cm³/mol. The van der Waals surface area contributed by atoms with Crippen molar-refractivity contribution >= 4 is 10.0 Å². The number of nitrogens with one attached hydrogen (secondary N) is 1. The van der Waals surface area contributed by atoms with Crippen molar-refractivity contribution in [3.63, 3.8) is 0 Å². The predicted octanol–water partition coefficient (Wildman–Crippen LogP) is 0.959. The molecule has 0 amide bonds. The highest BCUT2D eigenvalue weighted by atomic mass is 32.2. The van der Waals surface area contributed by atoms with Crippen molar-refractivity contribution in [1.29, 1.82) is 0 Å². The van der Waals surface area contributed by atoms with Gasteiger partial charge in [-0.3, -0.25) is 0 Å². The fourth-order valence-corrected chi connectivity index (χ4v) is 4.38. The molecule has 0 saturated carbocycles. The first-order valence-corrected chi connectivity index (χ1v) is 9.06. The minimum absolute atomic E-state index is 0.139. The third-order valence-electron chi connectivity index (χ3n) is 3.84. The Hall–Kier alpha value is -0.170. The van der Waals surface area contributed by atoms with Crippen LogP contribution in [0.25, 0.3) is 0 Å². The second kappa shape index (κ2) is 7.02. The second-order valence-corrected chi connectivity index (χ2v) is 7.64. The molecule has 2 saturated heterocycles. The molecule has 0 aromatic carbocycles. The molecule has 0 radical (unpaired) electrons. The summed E-state index contributed by atoms with van der Waals surface area (Å²) in [5.74, 6) is 0.278. The number of rotatable bonds is 8. The van der Waals surface area contributed by atoms with E-state index in [1.807, 2.05) is 0 Å². The molecular formula is C13H26N2O3S. The van der Waals surface area contributed by atoms with Gasteiger partial charge in [0.05, 0.1) is 18.0 Å². The van der Waals surface area contributed by atoms with E-state index in [4.69, 9.17) is 4.74 Å². The Bertz CT molecular complexity index is 360. The number of ether oxygens (including phenoxy) is 1. The zero-order valence-corrected chi connectivity index (χ0v) is 12.6. The molecule has 2 aliphatic heterocycles. The molecule has 1 N–H and O–H groups in total. The SMILES string of the molecule is CCCNCCCCS(=O)(=O)N1CC2CCC(C1)O2. The maximum atomic E-state index is 12.2. The van der Waals surface area contributed by atoms with Crippen LogP contribution < -0.4 is 5.32 Å². The van der Waals surface area contributed by atoms with Crippen LogP contribution in [0.4, 0.5) is 0 Å². The van der Waals surface area contributed by atoms with Crippen LogP contribution in [-0.4, -0.2) is 56.9 Å². The minimum atomic E-state index is -3.08. The number of hydrogen-bond donors (Lipinski definition) is 1. The fraction of sp³-hybridized carbons (Fsp3) is 1.00. The van der Waals surface area contributed by atoms with Gasteiger partial charge in [-0.25, -0.2) is 8.42 Å². The van der Waals surface area contributed by atoms with Crippen LogP contribution in [0.3, 0.4) is 0 Å². The van der Waals surface area contributed by atoms with Crippen LogP contribution in [0.2, 0.25) is 0 Å². The molecule has 2 atom stereocenters. The van der Waals surface area contributed by atoms with Crippen molar-refractivity contribution in [3.05, 3.63) is 0 Å². The van der Waals surface area contributed by atoms with Crippen molar-refractivity contribution in [1.82, 2.24) is 9.62 Å². The van der Waals surface area contributed by atoms with Gasteiger partial charge in [0.2, 0.25) is 10.0 Å². The highest BCUT2D eigenvalue weighted by molar-refractivity contribution is 7.89. The van der Waals surface area contributed by atoms with Crippen LogP contribution >= 0.6 is 0 Å². The molecule has 0 aromatic heterocycles. The average molecular weight is 290 g/mol. The quantitative estimate of drug-likeness (QED) is 0.677. The molecule has 2 rings (SSSR count). The minimum Gasteiger partial charge on any atom is -0.372 e. The van der Waals surface area contributed by atoms with Gasteiger partial charge in [0, 0.05) is 13.1 Å². The highest BCUT2D eigenvalue weighted by Gasteiger charge is 2.38.